The molecule has 2 atom stereocenters. The van der Waals surface area contributed by atoms with E-state index in [2.05, 4.69) is 115 Å². The first-order valence-corrected chi connectivity index (χ1v) is 12.1. The van der Waals surface area contributed by atoms with Crippen molar-refractivity contribution in [3.8, 4) is 0 Å². The maximum absolute atomic E-state index is 2.46. The molecule has 0 heterocycles. The summed E-state index contributed by atoms with van der Waals surface area (Å²) in [6.45, 7) is 15.8. The first kappa shape index (κ1) is 21.7. The van der Waals surface area contributed by atoms with Crippen LogP contribution >= 0.6 is 0 Å². The summed E-state index contributed by atoms with van der Waals surface area (Å²) in [5, 5.41) is 0. The number of hydrogen-bond acceptors (Lipinski definition) is 0. The highest BCUT2D eigenvalue weighted by Gasteiger charge is 2.37. The van der Waals surface area contributed by atoms with Crippen LogP contribution in [0.25, 0.3) is 5.57 Å². The molecule has 0 bridgehead atoms. The molecule has 0 saturated carbocycles. The zero-order chi connectivity index (χ0) is 23.4. The van der Waals surface area contributed by atoms with E-state index < -0.39 is 0 Å². The number of benzene rings is 3. The molecule has 0 radical (unpaired) electrons. The average Bonchev–Trinajstić information content (AvgIpc) is 2.73. The lowest BCUT2D eigenvalue weighted by molar-refractivity contribution is 0.640. The molecule has 0 aromatic heterocycles. The number of fused-ring (bicyclic) bond motifs is 2. The van der Waals surface area contributed by atoms with Crippen LogP contribution < -0.4 is 0 Å². The molecule has 2 unspecified atom stereocenters. The zero-order valence-corrected chi connectivity index (χ0v) is 21.0. The van der Waals surface area contributed by atoms with Crippen LogP contribution in [0, 0.1) is 47.5 Å². The van der Waals surface area contributed by atoms with Gasteiger partial charge < -0.3 is 0 Å². The molecule has 0 aliphatic heterocycles. The van der Waals surface area contributed by atoms with Gasteiger partial charge in [0.25, 0.3) is 0 Å². The maximum atomic E-state index is 2.46. The molecule has 33 heavy (non-hydrogen) atoms. The van der Waals surface area contributed by atoms with E-state index in [1.54, 1.807) is 0 Å². The molecule has 2 aliphatic carbocycles. The van der Waals surface area contributed by atoms with Gasteiger partial charge in [-0.15, -0.1) is 0 Å². The van der Waals surface area contributed by atoms with Crippen LogP contribution in [-0.2, 0) is 0 Å². The Morgan fingerprint density at radius 3 is 1.88 bits per heavy atom. The molecule has 0 amide bonds. The highest BCUT2D eigenvalue weighted by Crippen LogP contribution is 2.52. The van der Waals surface area contributed by atoms with Crippen LogP contribution in [0.1, 0.15) is 68.5 Å². The molecule has 0 fully saturated rings. The lowest BCUT2D eigenvalue weighted by atomic mass is 9.64. The van der Waals surface area contributed by atoms with Gasteiger partial charge in [-0.05, 0) is 104 Å². The van der Waals surface area contributed by atoms with Gasteiger partial charge in [-0.1, -0.05) is 83.5 Å². The second kappa shape index (κ2) is 8.03. The van der Waals surface area contributed by atoms with Crippen molar-refractivity contribution < 1.29 is 0 Å². The highest BCUT2D eigenvalue weighted by atomic mass is 14.4. The molecule has 166 valence electrons. The molecule has 0 N–H and O–H groups in total. The fraction of sp³-hybridized carbons (Fsp3) is 0.273. The minimum atomic E-state index is 0.326. The van der Waals surface area contributed by atoms with Crippen LogP contribution in [0.5, 0.6) is 0 Å². The van der Waals surface area contributed by atoms with E-state index in [1.807, 2.05) is 0 Å². The van der Waals surface area contributed by atoms with Gasteiger partial charge >= 0.3 is 0 Å². The summed E-state index contributed by atoms with van der Waals surface area (Å²) in [5.41, 5.74) is 18.2. The van der Waals surface area contributed by atoms with Crippen molar-refractivity contribution in [2.24, 2.45) is 5.92 Å². The second-order valence-electron chi connectivity index (χ2n) is 10.3. The Labute approximate surface area is 199 Å². The summed E-state index contributed by atoms with van der Waals surface area (Å²) in [4.78, 5) is 0. The molecule has 0 nitrogen and oxygen atoms in total. The maximum Gasteiger partial charge on any atom is 0.0204 e. The summed E-state index contributed by atoms with van der Waals surface area (Å²) in [7, 11) is 0. The van der Waals surface area contributed by atoms with Gasteiger partial charge in [-0.3, -0.25) is 0 Å². The lowest BCUT2D eigenvalue weighted by Crippen LogP contribution is -2.25. The van der Waals surface area contributed by atoms with Crippen LogP contribution in [0.15, 0.2) is 77.9 Å². The van der Waals surface area contributed by atoms with E-state index in [-0.39, 0.29) is 0 Å². The Morgan fingerprint density at radius 1 is 0.667 bits per heavy atom. The van der Waals surface area contributed by atoms with Gasteiger partial charge in [0.05, 0.1) is 0 Å². The summed E-state index contributed by atoms with van der Waals surface area (Å²) in [6.07, 6.45) is 7.23. The van der Waals surface area contributed by atoms with E-state index in [0.717, 1.165) is 0 Å². The van der Waals surface area contributed by atoms with Gasteiger partial charge in [-0.25, -0.2) is 0 Å². The fourth-order valence-corrected chi connectivity index (χ4v) is 6.49. The largest absolute Gasteiger partial charge is 0.0758 e. The van der Waals surface area contributed by atoms with Crippen LogP contribution in [0.4, 0.5) is 0 Å². The normalized spacial score (nSPS) is 19.3. The van der Waals surface area contributed by atoms with Crippen molar-refractivity contribution in [1.82, 2.24) is 0 Å². The topological polar surface area (TPSA) is 0 Å². The van der Waals surface area contributed by atoms with Crippen molar-refractivity contribution in [2.75, 3.05) is 0 Å². The molecule has 2 aliphatic rings. The smallest absolute Gasteiger partial charge is 0.0204 e. The van der Waals surface area contributed by atoms with E-state index >= 15 is 0 Å². The molecular weight excluding hydrogens is 396 g/mol. The number of aryl methyl sites for hydroxylation is 6. The Hall–Kier alpha value is -3.12. The summed E-state index contributed by atoms with van der Waals surface area (Å²) >= 11 is 0. The molecule has 0 spiro atoms. The van der Waals surface area contributed by atoms with Crippen molar-refractivity contribution in [1.29, 1.82) is 0 Å². The van der Waals surface area contributed by atoms with Gasteiger partial charge in [0, 0.05) is 11.8 Å². The van der Waals surface area contributed by atoms with Crippen molar-refractivity contribution >= 4 is 5.57 Å². The lowest BCUT2D eigenvalue weighted by Gasteiger charge is -2.39. The molecule has 0 heteroatoms. The van der Waals surface area contributed by atoms with Crippen molar-refractivity contribution in [2.45, 2.75) is 54.4 Å². The summed E-state index contributed by atoms with van der Waals surface area (Å²) < 4.78 is 0. The first-order valence-electron chi connectivity index (χ1n) is 12.1. The predicted octanol–water partition coefficient (Wildman–Crippen LogP) is 8.62. The minimum absolute atomic E-state index is 0.326. The van der Waals surface area contributed by atoms with E-state index in [1.165, 1.54) is 72.4 Å². The Kier molecular flexibility index (Phi) is 5.28. The summed E-state index contributed by atoms with van der Waals surface area (Å²) in [5.74, 6) is 0.658. The third-order valence-corrected chi connectivity index (χ3v) is 7.50. The van der Waals surface area contributed by atoms with Crippen LogP contribution in [0.2, 0.25) is 0 Å². The van der Waals surface area contributed by atoms with Crippen LogP contribution in [-0.4, -0.2) is 0 Å². The van der Waals surface area contributed by atoms with E-state index in [4.69, 9.17) is 0 Å². The van der Waals surface area contributed by atoms with Gasteiger partial charge in [0.2, 0.25) is 0 Å². The molecular formula is C33H34. The fourth-order valence-electron chi connectivity index (χ4n) is 6.49. The van der Waals surface area contributed by atoms with Gasteiger partial charge in [-0.2, -0.15) is 0 Å². The minimum Gasteiger partial charge on any atom is -0.0758 e. The Bertz CT molecular complexity index is 1330. The van der Waals surface area contributed by atoms with E-state index in [0.29, 0.717) is 11.8 Å². The molecule has 3 aromatic rings. The monoisotopic (exact) mass is 430 g/mol. The average molecular weight is 431 g/mol. The first-order chi connectivity index (χ1) is 15.8. The second-order valence-corrected chi connectivity index (χ2v) is 10.3. The highest BCUT2D eigenvalue weighted by molar-refractivity contribution is 5.91. The third-order valence-electron chi connectivity index (χ3n) is 7.50. The van der Waals surface area contributed by atoms with Crippen LogP contribution in [0.3, 0.4) is 0 Å². The van der Waals surface area contributed by atoms with Crippen molar-refractivity contribution in [3.63, 3.8) is 0 Å². The Morgan fingerprint density at radius 2 is 1.24 bits per heavy atom. The zero-order valence-electron chi connectivity index (χ0n) is 21.0. The number of rotatable bonds is 2. The standard InChI is InChI=1S/C33H34/c1-19-12-13-28-29(18-19)33(31-24(6)16-21(3)17-25(31)7)27-11-9-8-10-26(27)32(28)30-22(4)14-20(2)15-23(30)5/h8-18,28,32H,1-7H3. The molecule has 5 rings (SSSR count). The predicted molar refractivity (Wildman–Crippen MR) is 142 cm³/mol. The third kappa shape index (κ3) is 3.53. The SMILES string of the molecule is CC1=CC2=C(c3c(C)cc(C)cc3C)c3ccccc3C(c3c(C)cc(C)cc3C)C2C=C1. The molecule has 3 aromatic carbocycles. The number of hydrogen-bond donors (Lipinski definition) is 0. The quantitative estimate of drug-likeness (QED) is 0.382. The Balaban J connectivity index is 1.88. The van der Waals surface area contributed by atoms with E-state index in [9.17, 15) is 0 Å². The van der Waals surface area contributed by atoms with Crippen molar-refractivity contribution in [3.05, 3.63) is 134 Å². The van der Waals surface area contributed by atoms with Gasteiger partial charge in [0.15, 0.2) is 0 Å². The number of allylic oxidation sites excluding steroid dienone is 5. The molecule has 0 saturated heterocycles. The summed E-state index contributed by atoms with van der Waals surface area (Å²) in [6, 6.07) is 18.5. The van der Waals surface area contributed by atoms with Gasteiger partial charge in [0.1, 0.15) is 0 Å².